The van der Waals surface area contributed by atoms with Crippen molar-refractivity contribution in [2.24, 2.45) is 0 Å². The van der Waals surface area contributed by atoms with Gasteiger partial charge >= 0.3 is 0 Å². The molecule has 0 spiro atoms. The van der Waals surface area contributed by atoms with E-state index >= 15 is 0 Å². The van der Waals surface area contributed by atoms with Gasteiger partial charge in [0.2, 0.25) is 5.91 Å². The first-order valence-electron chi connectivity index (χ1n) is 11.2. The first-order chi connectivity index (χ1) is 16.1. The fourth-order valence-electron chi connectivity index (χ4n) is 4.22. The van der Waals surface area contributed by atoms with Crippen LogP contribution in [0.25, 0.3) is 0 Å². The lowest BCUT2D eigenvalue weighted by Crippen LogP contribution is -2.41. The van der Waals surface area contributed by atoms with Crippen LogP contribution in [-0.2, 0) is 17.8 Å². The number of rotatable bonds is 9. The normalized spacial score (nSPS) is 16.9. The number of aromatic amines is 1. The number of hydrogen-bond acceptors (Lipinski definition) is 5. The van der Waals surface area contributed by atoms with Crippen LogP contribution in [0.5, 0.6) is 0 Å². The molecule has 3 aromatic rings. The number of carbonyl (C=O) groups is 2. The number of carbonyl (C=O) groups excluding carboxylic acids is 2. The number of nitrogens with one attached hydrogen (secondary N) is 3. The molecule has 172 valence electrons. The number of hydrogen-bond donors (Lipinski definition) is 4. The van der Waals surface area contributed by atoms with Gasteiger partial charge in [-0.2, -0.15) is 0 Å². The van der Waals surface area contributed by atoms with Gasteiger partial charge in [0, 0.05) is 19.2 Å². The summed E-state index contributed by atoms with van der Waals surface area (Å²) < 4.78 is 0. The van der Waals surface area contributed by atoms with Crippen LogP contribution in [-0.4, -0.2) is 57.0 Å². The molecule has 1 aliphatic rings. The monoisotopic (exact) mass is 447 g/mol. The van der Waals surface area contributed by atoms with Gasteiger partial charge in [0.15, 0.2) is 0 Å². The fraction of sp³-hybridized carbons (Fsp3) is 0.320. The smallest absolute Gasteiger partial charge is 0.253 e. The van der Waals surface area contributed by atoms with Gasteiger partial charge in [-0.15, -0.1) is 0 Å². The molecule has 1 aromatic heterocycles. The third-order valence-electron chi connectivity index (χ3n) is 5.89. The van der Waals surface area contributed by atoms with Gasteiger partial charge in [-0.25, -0.2) is 4.98 Å². The zero-order valence-electron chi connectivity index (χ0n) is 18.4. The lowest BCUT2D eigenvalue weighted by atomic mass is 10.1. The first kappa shape index (κ1) is 22.7. The van der Waals surface area contributed by atoms with E-state index in [1.165, 1.54) is 5.56 Å². The van der Waals surface area contributed by atoms with E-state index < -0.39 is 6.04 Å². The number of anilines is 1. The Balaban J connectivity index is 1.42. The van der Waals surface area contributed by atoms with E-state index in [0.717, 1.165) is 25.1 Å². The van der Waals surface area contributed by atoms with Crippen LogP contribution in [0, 0.1) is 0 Å². The number of likely N-dealkylation sites (tertiary alicyclic amines) is 1. The molecule has 4 N–H and O–H groups in total. The number of aliphatic hydroxyl groups is 1. The summed E-state index contributed by atoms with van der Waals surface area (Å²) in [5.41, 5.74) is 2.74. The van der Waals surface area contributed by atoms with Crippen molar-refractivity contribution in [3.8, 4) is 0 Å². The molecule has 0 saturated carbocycles. The zero-order chi connectivity index (χ0) is 23.0. The minimum Gasteiger partial charge on any atom is -0.394 e. The van der Waals surface area contributed by atoms with Gasteiger partial charge in [0.1, 0.15) is 0 Å². The molecule has 4 rings (SSSR count). The molecule has 8 nitrogen and oxygen atoms in total. The van der Waals surface area contributed by atoms with Crippen molar-refractivity contribution < 1.29 is 14.7 Å². The Labute approximate surface area is 193 Å². The van der Waals surface area contributed by atoms with Gasteiger partial charge < -0.3 is 20.7 Å². The maximum Gasteiger partial charge on any atom is 0.253 e. The summed E-state index contributed by atoms with van der Waals surface area (Å²) in [5, 5.41) is 15.5. The summed E-state index contributed by atoms with van der Waals surface area (Å²) >= 11 is 0. The van der Waals surface area contributed by atoms with Crippen molar-refractivity contribution in [3.05, 3.63) is 83.9 Å². The predicted molar refractivity (Wildman–Crippen MR) is 126 cm³/mol. The van der Waals surface area contributed by atoms with E-state index in [9.17, 15) is 14.7 Å². The maximum atomic E-state index is 13.1. The number of aromatic nitrogens is 2. The molecule has 1 aliphatic heterocycles. The second-order valence-corrected chi connectivity index (χ2v) is 8.27. The van der Waals surface area contributed by atoms with Crippen molar-refractivity contribution in [1.82, 2.24) is 20.2 Å². The number of imidazole rings is 1. The third kappa shape index (κ3) is 5.85. The number of aliphatic hydroxyl groups excluding tert-OH is 1. The van der Waals surface area contributed by atoms with Crippen molar-refractivity contribution in [3.63, 3.8) is 0 Å². The summed E-state index contributed by atoms with van der Waals surface area (Å²) in [4.78, 5) is 35.3. The van der Waals surface area contributed by atoms with Gasteiger partial charge in [-0.3, -0.25) is 14.5 Å². The molecule has 8 heteroatoms. The molecule has 2 aromatic carbocycles. The van der Waals surface area contributed by atoms with E-state index in [0.29, 0.717) is 24.2 Å². The van der Waals surface area contributed by atoms with Crippen LogP contribution in [0.1, 0.15) is 34.5 Å². The second kappa shape index (κ2) is 10.9. The van der Waals surface area contributed by atoms with Crippen LogP contribution in [0.3, 0.4) is 0 Å². The minimum absolute atomic E-state index is 0.112. The van der Waals surface area contributed by atoms with Crippen LogP contribution in [0.15, 0.2) is 67.1 Å². The van der Waals surface area contributed by atoms with E-state index in [-0.39, 0.29) is 24.5 Å². The Hall–Kier alpha value is -3.49. The van der Waals surface area contributed by atoms with Crippen LogP contribution in [0.4, 0.5) is 5.69 Å². The van der Waals surface area contributed by atoms with Crippen molar-refractivity contribution >= 4 is 17.5 Å². The fourth-order valence-corrected chi connectivity index (χ4v) is 4.22. The lowest BCUT2D eigenvalue weighted by molar-refractivity contribution is -0.120. The molecule has 0 bridgehead atoms. The summed E-state index contributed by atoms with van der Waals surface area (Å²) in [6.07, 6.45) is 5.42. The molecule has 0 aliphatic carbocycles. The number of benzene rings is 2. The molecule has 1 saturated heterocycles. The zero-order valence-corrected chi connectivity index (χ0v) is 18.4. The van der Waals surface area contributed by atoms with Crippen molar-refractivity contribution in [2.45, 2.75) is 37.9 Å². The standard InChI is InChI=1S/C25H29N5O3/c31-16-20(13-19-14-26-17-27-19)28-24(32)21-9-4-5-10-22(21)29-25(33)23-11-6-12-30(23)15-18-7-2-1-3-8-18/h1-5,7-10,14,17,20,23,31H,6,11-13,15-16H2,(H,26,27)(H,28,32)(H,29,33)/t20-,23-/m0/s1. The van der Waals surface area contributed by atoms with Crippen molar-refractivity contribution in [2.75, 3.05) is 18.5 Å². The molecular weight excluding hydrogens is 418 g/mol. The molecule has 0 unspecified atom stereocenters. The number of amides is 2. The highest BCUT2D eigenvalue weighted by molar-refractivity contribution is 6.05. The van der Waals surface area contributed by atoms with Gasteiger partial charge in [-0.05, 0) is 37.1 Å². The van der Waals surface area contributed by atoms with Crippen LogP contribution < -0.4 is 10.6 Å². The van der Waals surface area contributed by atoms with Gasteiger partial charge in [0.25, 0.3) is 5.91 Å². The Morgan fingerprint density at radius 2 is 1.94 bits per heavy atom. The molecule has 2 atom stereocenters. The van der Waals surface area contributed by atoms with Gasteiger partial charge in [-0.1, -0.05) is 42.5 Å². The molecule has 2 amide bonds. The highest BCUT2D eigenvalue weighted by Gasteiger charge is 2.31. The number of nitrogens with zero attached hydrogens (tertiary/aromatic N) is 2. The molecule has 2 heterocycles. The number of para-hydroxylation sites is 1. The average molecular weight is 448 g/mol. The summed E-state index contributed by atoms with van der Waals surface area (Å²) in [5.74, 6) is -0.466. The van der Waals surface area contributed by atoms with Crippen LogP contribution >= 0.6 is 0 Å². The van der Waals surface area contributed by atoms with E-state index in [1.807, 2.05) is 18.2 Å². The molecule has 1 fully saturated rings. The topological polar surface area (TPSA) is 110 Å². The largest absolute Gasteiger partial charge is 0.394 e. The third-order valence-corrected chi connectivity index (χ3v) is 5.89. The Kier molecular flexibility index (Phi) is 7.49. The highest BCUT2D eigenvalue weighted by atomic mass is 16.3. The average Bonchev–Trinajstić information content (AvgIpc) is 3.52. The molecular formula is C25H29N5O3. The SMILES string of the molecule is O=C(N[C@H](CO)Cc1c[nH]cn1)c1ccccc1NC(=O)[C@@H]1CCCN1Cc1ccccc1. The van der Waals surface area contributed by atoms with Crippen LogP contribution in [0.2, 0.25) is 0 Å². The van der Waals surface area contributed by atoms with Crippen molar-refractivity contribution in [1.29, 1.82) is 0 Å². The van der Waals surface area contributed by atoms with Gasteiger partial charge in [0.05, 0.1) is 42.0 Å². The summed E-state index contributed by atoms with van der Waals surface area (Å²) in [6, 6.07) is 16.3. The van der Waals surface area contributed by atoms with E-state index in [2.05, 4.69) is 37.6 Å². The van der Waals surface area contributed by atoms with E-state index in [4.69, 9.17) is 0 Å². The Morgan fingerprint density at radius 1 is 1.15 bits per heavy atom. The Bertz CT molecular complexity index is 1050. The maximum absolute atomic E-state index is 13.1. The first-order valence-corrected chi connectivity index (χ1v) is 11.2. The lowest BCUT2D eigenvalue weighted by Gasteiger charge is -2.24. The quantitative estimate of drug-likeness (QED) is 0.403. The summed E-state index contributed by atoms with van der Waals surface area (Å²) in [7, 11) is 0. The summed E-state index contributed by atoms with van der Waals surface area (Å²) in [6.45, 7) is 1.36. The molecule has 0 radical (unpaired) electrons. The highest BCUT2D eigenvalue weighted by Crippen LogP contribution is 2.23. The molecule has 33 heavy (non-hydrogen) atoms. The Morgan fingerprint density at radius 3 is 2.70 bits per heavy atom. The second-order valence-electron chi connectivity index (χ2n) is 8.27. The minimum atomic E-state index is -0.485. The number of H-pyrrole nitrogens is 1. The van der Waals surface area contributed by atoms with E-state index in [1.54, 1.807) is 36.8 Å². The predicted octanol–water partition coefficient (Wildman–Crippen LogP) is 2.35.